The van der Waals surface area contributed by atoms with Crippen molar-refractivity contribution in [2.24, 2.45) is 5.41 Å². The summed E-state index contributed by atoms with van der Waals surface area (Å²) in [5.41, 5.74) is 1.20. The number of rotatable bonds is 11. The summed E-state index contributed by atoms with van der Waals surface area (Å²) in [7, 11) is 0. The summed E-state index contributed by atoms with van der Waals surface area (Å²) in [5.74, 6) is 0.0107. The quantitative estimate of drug-likeness (QED) is 0.463. The molecule has 29 heavy (non-hydrogen) atoms. The molecule has 0 spiro atoms. The molecule has 2 heterocycles. The molecule has 0 radical (unpaired) electrons. The standard InChI is InChI=1S/C23H30ClN3O2/c1-2-3-4-5-6-7-12-23(16-29-17-23)22(28)26-19-15-27(14-9-13-25)20-11-8-10-18(24)21(19)20/h8,10-11,15H,2-7,9,12,14,16-17H2,1H3,(H,26,28). The molecule has 3 rings (SSSR count). The Kier molecular flexibility index (Phi) is 7.57. The van der Waals surface area contributed by atoms with Gasteiger partial charge in [0, 0.05) is 18.1 Å². The third-order valence-electron chi connectivity index (χ3n) is 5.82. The largest absolute Gasteiger partial charge is 0.379 e. The van der Waals surface area contributed by atoms with E-state index in [0.29, 0.717) is 36.9 Å². The van der Waals surface area contributed by atoms with Crippen molar-refractivity contribution < 1.29 is 9.53 Å². The molecule has 1 aromatic carbocycles. The van der Waals surface area contributed by atoms with E-state index in [1.807, 2.05) is 29.0 Å². The summed E-state index contributed by atoms with van der Waals surface area (Å²) in [6.45, 7) is 3.74. The van der Waals surface area contributed by atoms with Crippen LogP contribution in [0.5, 0.6) is 0 Å². The molecule has 1 aliphatic heterocycles. The van der Waals surface area contributed by atoms with Gasteiger partial charge in [0.2, 0.25) is 5.91 Å². The lowest BCUT2D eigenvalue weighted by Gasteiger charge is -2.40. The highest BCUT2D eigenvalue weighted by Gasteiger charge is 2.45. The Balaban J connectivity index is 1.70. The predicted molar refractivity (Wildman–Crippen MR) is 117 cm³/mol. The molecule has 1 amide bonds. The maximum absolute atomic E-state index is 13.2. The molecule has 0 saturated carbocycles. The Morgan fingerprint density at radius 3 is 2.72 bits per heavy atom. The SMILES string of the molecule is CCCCCCCCC1(C(=O)Nc2cn(CCC#N)c3cccc(Cl)c23)COC1. The zero-order valence-corrected chi connectivity index (χ0v) is 17.9. The monoisotopic (exact) mass is 415 g/mol. The number of carbonyl (C=O) groups excluding carboxylic acids is 1. The fourth-order valence-electron chi connectivity index (χ4n) is 3.99. The van der Waals surface area contributed by atoms with Gasteiger partial charge in [0.25, 0.3) is 0 Å². The summed E-state index contributed by atoms with van der Waals surface area (Å²) in [5, 5.41) is 13.5. The van der Waals surface area contributed by atoms with Crippen molar-refractivity contribution in [2.75, 3.05) is 18.5 Å². The van der Waals surface area contributed by atoms with E-state index in [4.69, 9.17) is 21.6 Å². The summed E-state index contributed by atoms with van der Waals surface area (Å²) >= 11 is 6.44. The van der Waals surface area contributed by atoms with E-state index in [9.17, 15) is 4.79 Å². The Morgan fingerprint density at radius 1 is 1.28 bits per heavy atom. The maximum atomic E-state index is 13.2. The van der Waals surface area contributed by atoms with E-state index in [1.165, 1.54) is 25.7 Å². The van der Waals surface area contributed by atoms with Crippen molar-refractivity contribution >= 4 is 34.1 Å². The molecule has 1 saturated heterocycles. The first-order valence-corrected chi connectivity index (χ1v) is 11.0. The second kappa shape index (κ2) is 10.1. The molecule has 0 aliphatic carbocycles. The number of nitrogens with zero attached hydrogens (tertiary/aromatic N) is 2. The number of fused-ring (bicyclic) bond motifs is 1. The van der Waals surface area contributed by atoms with Gasteiger partial charge in [-0.3, -0.25) is 4.79 Å². The minimum Gasteiger partial charge on any atom is -0.379 e. The van der Waals surface area contributed by atoms with E-state index in [0.717, 1.165) is 30.2 Å². The smallest absolute Gasteiger partial charge is 0.235 e. The third-order valence-corrected chi connectivity index (χ3v) is 6.13. The van der Waals surface area contributed by atoms with Crippen LogP contribution in [0.25, 0.3) is 10.9 Å². The van der Waals surface area contributed by atoms with Crippen molar-refractivity contribution in [1.82, 2.24) is 4.57 Å². The van der Waals surface area contributed by atoms with Crippen molar-refractivity contribution in [3.63, 3.8) is 0 Å². The highest BCUT2D eigenvalue weighted by molar-refractivity contribution is 6.36. The topological polar surface area (TPSA) is 67.0 Å². The summed E-state index contributed by atoms with van der Waals surface area (Å²) < 4.78 is 7.42. The zero-order chi connectivity index (χ0) is 20.7. The molecule has 0 unspecified atom stereocenters. The van der Waals surface area contributed by atoms with Crippen LogP contribution >= 0.6 is 11.6 Å². The van der Waals surface area contributed by atoms with Crippen molar-refractivity contribution in [1.29, 1.82) is 5.26 Å². The number of nitriles is 1. The van der Waals surface area contributed by atoms with Crippen LogP contribution in [0.15, 0.2) is 24.4 Å². The minimum absolute atomic E-state index is 0.0107. The van der Waals surface area contributed by atoms with Crippen LogP contribution in [0.4, 0.5) is 5.69 Å². The van der Waals surface area contributed by atoms with Gasteiger partial charge in [-0.15, -0.1) is 0 Å². The number of ether oxygens (including phenoxy) is 1. The molecule has 0 bridgehead atoms. The third kappa shape index (κ3) is 4.94. The van der Waals surface area contributed by atoms with Crippen LogP contribution in [-0.2, 0) is 16.1 Å². The number of aromatic nitrogens is 1. The molecular weight excluding hydrogens is 386 g/mol. The molecule has 1 aliphatic rings. The van der Waals surface area contributed by atoms with Gasteiger partial charge < -0.3 is 14.6 Å². The van der Waals surface area contributed by atoms with Crippen LogP contribution in [0.2, 0.25) is 5.02 Å². The van der Waals surface area contributed by atoms with Crippen molar-refractivity contribution in [3.8, 4) is 6.07 Å². The first-order chi connectivity index (χ1) is 14.1. The number of hydrogen-bond donors (Lipinski definition) is 1. The Bertz CT molecular complexity index is 880. The summed E-state index contributed by atoms with van der Waals surface area (Å²) in [6, 6.07) is 7.85. The second-order valence-electron chi connectivity index (χ2n) is 8.02. The van der Waals surface area contributed by atoms with Gasteiger partial charge >= 0.3 is 0 Å². The maximum Gasteiger partial charge on any atom is 0.235 e. The fraction of sp³-hybridized carbons (Fsp3) is 0.565. The van der Waals surface area contributed by atoms with Crippen LogP contribution in [-0.4, -0.2) is 23.7 Å². The van der Waals surface area contributed by atoms with Crippen LogP contribution in [0.3, 0.4) is 0 Å². The number of anilines is 1. The number of halogens is 1. The Labute approximate surface area is 178 Å². The van der Waals surface area contributed by atoms with Gasteiger partial charge in [-0.05, 0) is 18.6 Å². The first kappa shape index (κ1) is 21.7. The van der Waals surface area contributed by atoms with Gasteiger partial charge in [-0.2, -0.15) is 5.26 Å². The van der Waals surface area contributed by atoms with Crippen molar-refractivity contribution in [2.45, 2.75) is 64.8 Å². The molecule has 1 fully saturated rings. The lowest BCUT2D eigenvalue weighted by atomic mass is 9.79. The number of hydrogen-bond acceptors (Lipinski definition) is 3. The van der Waals surface area contributed by atoms with Crippen LogP contribution in [0.1, 0.15) is 58.3 Å². The highest BCUT2D eigenvalue weighted by Crippen LogP contribution is 2.38. The molecule has 1 aromatic heterocycles. The number of unbranched alkanes of at least 4 members (excludes halogenated alkanes) is 5. The molecule has 5 nitrogen and oxygen atoms in total. The molecule has 156 valence electrons. The van der Waals surface area contributed by atoms with Gasteiger partial charge in [0.15, 0.2) is 0 Å². The van der Waals surface area contributed by atoms with Crippen LogP contribution < -0.4 is 5.32 Å². The van der Waals surface area contributed by atoms with Gasteiger partial charge in [-0.25, -0.2) is 0 Å². The highest BCUT2D eigenvalue weighted by atomic mass is 35.5. The number of aryl methyl sites for hydroxylation is 1. The lowest BCUT2D eigenvalue weighted by Crippen LogP contribution is -2.51. The average Bonchev–Trinajstić information content (AvgIpc) is 3.03. The van der Waals surface area contributed by atoms with E-state index in [-0.39, 0.29) is 5.91 Å². The normalized spacial score (nSPS) is 15.1. The van der Waals surface area contributed by atoms with Crippen LogP contribution in [0, 0.1) is 16.7 Å². The fourth-order valence-corrected chi connectivity index (χ4v) is 4.27. The number of carbonyl (C=O) groups is 1. The van der Waals surface area contributed by atoms with E-state index in [1.54, 1.807) is 0 Å². The second-order valence-corrected chi connectivity index (χ2v) is 8.43. The number of amides is 1. The number of benzene rings is 1. The lowest BCUT2D eigenvalue weighted by molar-refractivity contribution is -0.157. The predicted octanol–water partition coefficient (Wildman–Crippen LogP) is 5.91. The number of nitrogens with one attached hydrogen (secondary N) is 1. The minimum atomic E-state index is -0.437. The summed E-state index contributed by atoms with van der Waals surface area (Å²) in [4.78, 5) is 13.2. The van der Waals surface area contributed by atoms with E-state index < -0.39 is 5.41 Å². The molecule has 6 heteroatoms. The zero-order valence-electron chi connectivity index (χ0n) is 17.2. The Hall–Kier alpha value is -2.03. The molecule has 2 aromatic rings. The Morgan fingerprint density at radius 2 is 2.03 bits per heavy atom. The van der Waals surface area contributed by atoms with Gasteiger partial charge in [-0.1, -0.05) is 63.1 Å². The van der Waals surface area contributed by atoms with Crippen molar-refractivity contribution in [3.05, 3.63) is 29.4 Å². The molecule has 1 N–H and O–H groups in total. The average molecular weight is 416 g/mol. The first-order valence-electron chi connectivity index (χ1n) is 10.6. The molecule has 0 atom stereocenters. The van der Waals surface area contributed by atoms with Gasteiger partial charge in [0.1, 0.15) is 0 Å². The van der Waals surface area contributed by atoms with E-state index in [2.05, 4.69) is 18.3 Å². The van der Waals surface area contributed by atoms with E-state index >= 15 is 0 Å². The summed E-state index contributed by atoms with van der Waals surface area (Å²) in [6.07, 6.45) is 10.4. The molecular formula is C23H30ClN3O2. The van der Waals surface area contributed by atoms with Gasteiger partial charge in [0.05, 0.1) is 47.3 Å².